The van der Waals surface area contributed by atoms with E-state index in [0.29, 0.717) is 17.7 Å². The lowest BCUT2D eigenvalue weighted by molar-refractivity contribution is -0.116. The van der Waals surface area contributed by atoms with Crippen molar-refractivity contribution in [2.45, 2.75) is 33.1 Å². The standard InChI is InChI=1S/C16H24N2O2/c1-4-5-10-18(3)11-9-16(20)17-15-8-6-7-14(12-15)13(2)19/h6-8,12H,4-5,9-11H2,1-3H3,(H,17,20). The van der Waals surface area contributed by atoms with E-state index in [1.54, 1.807) is 24.3 Å². The van der Waals surface area contributed by atoms with Gasteiger partial charge < -0.3 is 10.2 Å². The summed E-state index contributed by atoms with van der Waals surface area (Å²) in [7, 11) is 2.03. The van der Waals surface area contributed by atoms with Gasteiger partial charge in [-0.05, 0) is 39.1 Å². The van der Waals surface area contributed by atoms with Crippen molar-refractivity contribution in [2.75, 3.05) is 25.5 Å². The Hall–Kier alpha value is -1.68. The van der Waals surface area contributed by atoms with Gasteiger partial charge in [0.25, 0.3) is 0 Å². The maximum absolute atomic E-state index is 11.8. The first-order valence-corrected chi connectivity index (χ1v) is 7.12. The molecule has 0 aliphatic rings. The lowest BCUT2D eigenvalue weighted by Crippen LogP contribution is -2.25. The van der Waals surface area contributed by atoms with Crippen LogP contribution < -0.4 is 5.32 Å². The molecule has 110 valence electrons. The fraction of sp³-hybridized carbons (Fsp3) is 0.500. The van der Waals surface area contributed by atoms with Gasteiger partial charge in [0.2, 0.25) is 5.91 Å². The third-order valence-corrected chi connectivity index (χ3v) is 3.17. The molecule has 0 aromatic heterocycles. The minimum Gasteiger partial charge on any atom is -0.326 e. The Morgan fingerprint density at radius 3 is 2.65 bits per heavy atom. The largest absolute Gasteiger partial charge is 0.326 e. The van der Waals surface area contributed by atoms with E-state index in [1.165, 1.54) is 6.92 Å². The van der Waals surface area contributed by atoms with Crippen LogP contribution in [0.3, 0.4) is 0 Å². The topological polar surface area (TPSA) is 49.4 Å². The number of unbranched alkanes of at least 4 members (excludes halogenated alkanes) is 1. The number of amides is 1. The number of hydrogen-bond donors (Lipinski definition) is 1. The number of nitrogens with zero attached hydrogens (tertiary/aromatic N) is 1. The van der Waals surface area contributed by atoms with Crippen LogP contribution in [0.2, 0.25) is 0 Å². The molecule has 0 radical (unpaired) electrons. The molecule has 0 spiro atoms. The van der Waals surface area contributed by atoms with Crippen LogP contribution >= 0.6 is 0 Å². The van der Waals surface area contributed by atoms with Crippen LogP contribution in [-0.4, -0.2) is 36.7 Å². The number of carbonyl (C=O) groups excluding carboxylic acids is 2. The van der Waals surface area contributed by atoms with E-state index >= 15 is 0 Å². The SMILES string of the molecule is CCCCN(C)CCC(=O)Nc1cccc(C(C)=O)c1. The molecule has 0 heterocycles. The summed E-state index contributed by atoms with van der Waals surface area (Å²) in [5.41, 5.74) is 1.29. The molecule has 0 unspecified atom stereocenters. The van der Waals surface area contributed by atoms with Gasteiger partial charge in [-0.1, -0.05) is 25.5 Å². The number of carbonyl (C=O) groups is 2. The molecular weight excluding hydrogens is 252 g/mol. The highest BCUT2D eigenvalue weighted by Crippen LogP contribution is 2.11. The molecule has 1 aromatic carbocycles. The molecule has 0 aliphatic carbocycles. The molecule has 1 amide bonds. The maximum Gasteiger partial charge on any atom is 0.225 e. The number of benzene rings is 1. The first kappa shape index (κ1) is 16.4. The third kappa shape index (κ3) is 5.97. The molecule has 1 rings (SSSR count). The second-order valence-electron chi connectivity index (χ2n) is 5.09. The van der Waals surface area contributed by atoms with Crippen molar-refractivity contribution >= 4 is 17.4 Å². The number of Topliss-reactive ketones (excluding diaryl/α,β-unsaturated/α-hetero) is 1. The molecule has 0 saturated carbocycles. The first-order valence-electron chi connectivity index (χ1n) is 7.12. The number of hydrogen-bond acceptors (Lipinski definition) is 3. The Kier molecular flexibility index (Phi) is 6.94. The monoisotopic (exact) mass is 276 g/mol. The van der Waals surface area contributed by atoms with Crippen molar-refractivity contribution in [2.24, 2.45) is 0 Å². The van der Waals surface area contributed by atoms with Crippen LogP contribution in [0.15, 0.2) is 24.3 Å². The van der Waals surface area contributed by atoms with Gasteiger partial charge in [0.05, 0.1) is 0 Å². The first-order chi connectivity index (χ1) is 9.52. The molecule has 0 saturated heterocycles. The van der Waals surface area contributed by atoms with Gasteiger partial charge >= 0.3 is 0 Å². The average Bonchev–Trinajstić information content (AvgIpc) is 2.43. The lowest BCUT2D eigenvalue weighted by Gasteiger charge is -2.15. The summed E-state index contributed by atoms with van der Waals surface area (Å²) >= 11 is 0. The summed E-state index contributed by atoms with van der Waals surface area (Å²) in [4.78, 5) is 25.3. The van der Waals surface area contributed by atoms with Crippen LogP contribution in [-0.2, 0) is 4.79 Å². The van der Waals surface area contributed by atoms with Gasteiger partial charge in [-0.15, -0.1) is 0 Å². The molecule has 1 aromatic rings. The third-order valence-electron chi connectivity index (χ3n) is 3.17. The van der Waals surface area contributed by atoms with Crippen molar-refractivity contribution in [3.05, 3.63) is 29.8 Å². The molecule has 4 nitrogen and oxygen atoms in total. The van der Waals surface area contributed by atoms with Crippen molar-refractivity contribution in [3.8, 4) is 0 Å². The van der Waals surface area contributed by atoms with Gasteiger partial charge in [0.1, 0.15) is 0 Å². The predicted molar refractivity (Wildman–Crippen MR) is 82.1 cm³/mol. The molecule has 4 heteroatoms. The molecular formula is C16H24N2O2. The van der Waals surface area contributed by atoms with E-state index in [4.69, 9.17) is 0 Å². The zero-order chi connectivity index (χ0) is 15.0. The quantitative estimate of drug-likeness (QED) is 0.743. The van der Waals surface area contributed by atoms with Gasteiger partial charge in [0.15, 0.2) is 5.78 Å². The number of nitrogens with one attached hydrogen (secondary N) is 1. The van der Waals surface area contributed by atoms with Crippen molar-refractivity contribution < 1.29 is 9.59 Å². The number of ketones is 1. The fourth-order valence-corrected chi connectivity index (χ4v) is 1.87. The number of rotatable bonds is 8. The summed E-state index contributed by atoms with van der Waals surface area (Å²) in [5, 5.41) is 2.83. The highest BCUT2D eigenvalue weighted by molar-refractivity contribution is 5.97. The van der Waals surface area contributed by atoms with Crippen molar-refractivity contribution in [3.63, 3.8) is 0 Å². The smallest absolute Gasteiger partial charge is 0.225 e. The highest BCUT2D eigenvalue weighted by atomic mass is 16.1. The van der Waals surface area contributed by atoms with Crippen molar-refractivity contribution in [1.82, 2.24) is 4.90 Å². The van der Waals surface area contributed by atoms with Crippen LogP contribution in [0.5, 0.6) is 0 Å². The van der Waals surface area contributed by atoms with Gasteiger partial charge in [0, 0.05) is 24.2 Å². The zero-order valence-corrected chi connectivity index (χ0v) is 12.6. The lowest BCUT2D eigenvalue weighted by atomic mass is 10.1. The van der Waals surface area contributed by atoms with E-state index in [9.17, 15) is 9.59 Å². The Bertz CT molecular complexity index is 458. The average molecular weight is 276 g/mol. The summed E-state index contributed by atoms with van der Waals surface area (Å²) in [5.74, 6) is -0.0190. The summed E-state index contributed by atoms with van der Waals surface area (Å²) in [6, 6.07) is 7.03. The molecule has 20 heavy (non-hydrogen) atoms. The van der Waals surface area contributed by atoms with Crippen molar-refractivity contribution in [1.29, 1.82) is 0 Å². The second kappa shape index (κ2) is 8.48. The van der Waals surface area contributed by atoms with Crippen LogP contribution in [0.1, 0.15) is 43.5 Å². The fourth-order valence-electron chi connectivity index (χ4n) is 1.87. The molecule has 0 fully saturated rings. The van der Waals surface area contributed by atoms with Crippen LogP contribution in [0.25, 0.3) is 0 Å². The minimum absolute atomic E-state index is 0.000368. The normalized spacial score (nSPS) is 10.6. The Morgan fingerprint density at radius 2 is 2.00 bits per heavy atom. The molecule has 0 atom stereocenters. The Morgan fingerprint density at radius 1 is 1.25 bits per heavy atom. The van der Waals surface area contributed by atoms with Gasteiger partial charge in [-0.25, -0.2) is 0 Å². The molecule has 1 N–H and O–H groups in total. The van der Waals surface area contributed by atoms with E-state index in [2.05, 4.69) is 17.1 Å². The predicted octanol–water partition coefficient (Wildman–Crippen LogP) is 2.95. The van der Waals surface area contributed by atoms with Crippen LogP contribution in [0, 0.1) is 0 Å². The Labute approximate surface area is 121 Å². The van der Waals surface area contributed by atoms with Crippen LogP contribution in [0.4, 0.5) is 5.69 Å². The summed E-state index contributed by atoms with van der Waals surface area (Å²) in [6.45, 7) is 5.44. The Balaban J connectivity index is 2.42. The van der Waals surface area contributed by atoms with E-state index in [0.717, 1.165) is 25.9 Å². The summed E-state index contributed by atoms with van der Waals surface area (Å²) < 4.78 is 0. The van der Waals surface area contributed by atoms with E-state index < -0.39 is 0 Å². The molecule has 0 bridgehead atoms. The number of anilines is 1. The zero-order valence-electron chi connectivity index (χ0n) is 12.6. The summed E-state index contributed by atoms with van der Waals surface area (Å²) in [6.07, 6.45) is 2.78. The maximum atomic E-state index is 11.8. The van der Waals surface area contributed by atoms with Gasteiger partial charge in [-0.3, -0.25) is 9.59 Å². The molecule has 0 aliphatic heterocycles. The minimum atomic E-state index is -0.0194. The second-order valence-corrected chi connectivity index (χ2v) is 5.09. The van der Waals surface area contributed by atoms with Gasteiger partial charge in [-0.2, -0.15) is 0 Å². The van der Waals surface area contributed by atoms with E-state index in [-0.39, 0.29) is 11.7 Å². The highest BCUT2D eigenvalue weighted by Gasteiger charge is 2.06. The van der Waals surface area contributed by atoms with E-state index in [1.807, 2.05) is 7.05 Å².